The molecular formula is C16H26N2O. The number of rotatable bonds is 3. The highest BCUT2D eigenvalue weighted by Gasteiger charge is 2.33. The molecule has 1 aromatic rings. The lowest BCUT2D eigenvalue weighted by Gasteiger charge is -2.24. The van der Waals surface area contributed by atoms with E-state index in [2.05, 4.69) is 38.8 Å². The molecule has 19 heavy (non-hydrogen) atoms. The summed E-state index contributed by atoms with van der Waals surface area (Å²) in [7, 11) is 2.13. The van der Waals surface area contributed by atoms with Gasteiger partial charge in [0.05, 0.1) is 0 Å². The second-order valence-electron chi connectivity index (χ2n) is 6.18. The Morgan fingerprint density at radius 1 is 1.42 bits per heavy atom. The zero-order valence-corrected chi connectivity index (χ0v) is 12.5. The van der Waals surface area contributed by atoms with Crippen molar-refractivity contribution in [3.05, 3.63) is 28.8 Å². The van der Waals surface area contributed by atoms with Crippen molar-refractivity contribution in [1.82, 2.24) is 4.90 Å². The summed E-state index contributed by atoms with van der Waals surface area (Å²) in [6.07, 6.45) is 1.04. The average Bonchev–Trinajstić information content (AvgIpc) is 2.70. The molecule has 2 unspecified atom stereocenters. The number of nitrogens with zero attached hydrogens (tertiary/aromatic N) is 1. The fraction of sp³-hybridized carbons (Fsp3) is 0.625. The molecule has 3 heteroatoms. The van der Waals surface area contributed by atoms with Gasteiger partial charge in [-0.25, -0.2) is 0 Å². The lowest BCUT2D eigenvalue weighted by molar-refractivity contribution is 0.304. The second kappa shape index (κ2) is 5.51. The minimum absolute atomic E-state index is 0.298. The van der Waals surface area contributed by atoms with Gasteiger partial charge in [-0.15, -0.1) is 0 Å². The summed E-state index contributed by atoms with van der Waals surface area (Å²) in [4.78, 5) is 2.32. The molecule has 1 aliphatic rings. The first-order valence-electron chi connectivity index (χ1n) is 7.18. The van der Waals surface area contributed by atoms with Crippen LogP contribution in [0.2, 0.25) is 0 Å². The van der Waals surface area contributed by atoms with Crippen molar-refractivity contribution in [2.24, 2.45) is 11.7 Å². The van der Waals surface area contributed by atoms with Crippen molar-refractivity contribution >= 4 is 0 Å². The number of aromatic hydroxyl groups is 1. The van der Waals surface area contributed by atoms with Crippen molar-refractivity contribution < 1.29 is 5.11 Å². The fourth-order valence-corrected chi connectivity index (χ4v) is 3.23. The van der Waals surface area contributed by atoms with Crippen molar-refractivity contribution in [2.75, 3.05) is 20.1 Å². The van der Waals surface area contributed by atoms with Crippen LogP contribution in [0.25, 0.3) is 0 Å². The van der Waals surface area contributed by atoms with E-state index in [1.54, 1.807) is 0 Å². The SMILES string of the molecule is Cc1ccc(C(C)C)c(O)c1C1CC(CN)CN1C. The first kappa shape index (κ1) is 14.4. The Bertz CT molecular complexity index is 456. The van der Waals surface area contributed by atoms with Gasteiger partial charge < -0.3 is 10.8 Å². The fourth-order valence-electron chi connectivity index (χ4n) is 3.23. The van der Waals surface area contributed by atoms with Crippen LogP contribution in [0, 0.1) is 12.8 Å². The number of benzene rings is 1. The molecule has 1 aromatic carbocycles. The van der Waals surface area contributed by atoms with E-state index in [9.17, 15) is 5.11 Å². The van der Waals surface area contributed by atoms with E-state index in [4.69, 9.17) is 5.73 Å². The van der Waals surface area contributed by atoms with Gasteiger partial charge in [0.1, 0.15) is 5.75 Å². The smallest absolute Gasteiger partial charge is 0.124 e. The number of phenolic OH excluding ortho intramolecular Hbond substituents is 1. The second-order valence-corrected chi connectivity index (χ2v) is 6.18. The normalized spacial score (nSPS) is 24.3. The van der Waals surface area contributed by atoms with E-state index in [0.29, 0.717) is 23.6 Å². The predicted octanol–water partition coefficient (Wildman–Crippen LogP) is 2.78. The van der Waals surface area contributed by atoms with Crippen molar-refractivity contribution in [3.8, 4) is 5.75 Å². The van der Waals surface area contributed by atoms with E-state index in [1.165, 1.54) is 5.56 Å². The molecular weight excluding hydrogens is 236 g/mol. The van der Waals surface area contributed by atoms with Crippen LogP contribution in [0.1, 0.15) is 48.9 Å². The van der Waals surface area contributed by atoms with E-state index in [1.807, 2.05) is 6.07 Å². The Morgan fingerprint density at radius 3 is 2.63 bits per heavy atom. The summed E-state index contributed by atoms with van der Waals surface area (Å²) in [5.41, 5.74) is 9.13. The van der Waals surface area contributed by atoms with Crippen LogP contribution in [-0.2, 0) is 0 Å². The van der Waals surface area contributed by atoms with Gasteiger partial charge in [0.25, 0.3) is 0 Å². The molecule has 3 N–H and O–H groups in total. The number of hydrogen-bond acceptors (Lipinski definition) is 3. The highest BCUT2D eigenvalue weighted by molar-refractivity contribution is 5.48. The first-order chi connectivity index (χ1) is 8.95. The monoisotopic (exact) mass is 262 g/mol. The maximum Gasteiger partial charge on any atom is 0.124 e. The molecule has 2 atom stereocenters. The van der Waals surface area contributed by atoms with Crippen LogP contribution in [-0.4, -0.2) is 30.1 Å². The molecule has 0 bridgehead atoms. The minimum Gasteiger partial charge on any atom is -0.507 e. The largest absolute Gasteiger partial charge is 0.507 e. The maximum absolute atomic E-state index is 10.6. The molecule has 1 saturated heterocycles. The molecule has 2 rings (SSSR count). The molecule has 0 aromatic heterocycles. The Morgan fingerprint density at radius 2 is 2.11 bits per heavy atom. The number of hydrogen-bond donors (Lipinski definition) is 2. The molecule has 0 spiro atoms. The summed E-state index contributed by atoms with van der Waals surface area (Å²) in [6, 6.07) is 4.48. The lowest BCUT2D eigenvalue weighted by atomic mass is 9.90. The van der Waals surface area contributed by atoms with Crippen LogP contribution in [0.15, 0.2) is 12.1 Å². The van der Waals surface area contributed by atoms with Crippen LogP contribution >= 0.6 is 0 Å². The molecule has 0 amide bonds. The number of aryl methyl sites for hydroxylation is 1. The summed E-state index contributed by atoms with van der Waals surface area (Å²) >= 11 is 0. The van der Waals surface area contributed by atoms with Gasteiger partial charge in [-0.2, -0.15) is 0 Å². The Balaban J connectivity index is 2.42. The first-order valence-corrected chi connectivity index (χ1v) is 7.18. The van der Waals surface area contributed by atoms with Gasteiger partial charge in [-0.05, 0) is 49.9 Å². The van der Waals surface area contributed by atoms with Crippen molar-refractivity contribution in [2.45, 2.75) is 39.2 Å². The molecule has 0 radical (unpaired) electrons. The zero-order valence-electron chi connectivity index (χ0n) is 12.5. The van der Waals surface area contributed by atoms with Gasteiger partial charge in [-0.1, -0.05) is 26.0 Å². The number of likely N-dealkylation sites (tertiary alicyclic amines) is 1. The molecule has 1 fully saturated rings. The van der Waals surface area contributed by atoms with Gasteiger partial charge in [0.2, 0.25) is 0 Å². The third-order valence-corrected chi connectivity index (χ3v) is 4.39. The van der Waals surface area contributed by atoms with Gasteiger partial charge >= 0.3 is 0 Å². The molecule has 0 saturated carbocycles. The molecule has 1 aliphatic heterocycles. The molecule has 1 heterocycles. The molecule has 3 nitrogen and oxygen atoms in total. The number of phenols is 1. The Labute approximate surface area is 116 Å². The van der Waals surface area contributed by atoms with Gasteiger partial charge in [0, 0.05) is 18.2 Å². The topological polar surface area (TPSA) is 49.5 Å². The average molecular weight is 262 g/mol. The third kappa shape index (κ3) is 2.63. The van der Waals surface area contributed by atoms with E-state index >= 15 is 0 Å². The maximum atomic E-state index is 10.6. The van der Waals surface area contributed by atoms with Crippen LogP contribution < -0.4 is 5.73 Å². The summed E-state index contributed by atoms with van der Waals surface area (Å²) < 4.78 is 0. The minimum atomic E-state index is 0.298. The molecule has 0 aliphatic carbocycles. The standard InChI is InChI=1S/C16H26N2O/c1-10(2)13-6-5-11(3)15(16(13)19)14-7-12(8-17)9-18(14)4/h5-6,10,12,14,19H,7-9,17H2,1-4H3. The van der Waals surface area contributed by atoms with Crippen molar-refractivity contribution in [1.29, 1.82) is 0 Å². The van der Waals surface area contributed by atoms with E-state index in [-0.39, 0.29) is 0 Å². The lowest BCUT2D eigenvalue weighted by Crippen LogP contribution is -2.21. The quantitative estimate of drug-likeness (QED) is 0.880. The van der Waals surface area contributed by atoms with Gasteiger partial charge in [-0.3, -0.25) is 4.90 Å². The zero-order chi connectivity index (χ0) is 14.2. The van der Waals surface area contributed by atoms with Crippen molar-refractivity contribution in [3.63, 3.8) is 0 Å². The predicted molar refractivity (Wildman–Crippen MR) is 79.5 cm³/mol. The third-order valence-electron chi connectivity index (χ3n) is 4.39. The van der Waals surface area contributed by atoms with Crippen LogP contribution in [0.4, 0.5) is 0 Å². The van der Waals surface area contributed by atoms with E-state index < -0.39 is 0 Å². The summed E-state index contributed by atoms with van der Waals surface area (Å²) in [6.45, 7) is 8.07. The highest BCUT2D eigenvalue weighted by atomic mass is 16.3. The Hall–Kier alpha value is -1.06. The molecule has 106 valence electrons. The summed E-state index contributed by atoms with van der Waals surface area (Å²) in [5, 5.41) is 10.6. The highest BCUT2D eigenvalue weighted by Crippen LogP contribution is 2.42. The van der Waals surface area contributed by atoms with Crippen LogP contribution in [0.3, 0.4) is 0 Å². The van der Waals surface area contributed by atoms with E-state index in [0.717, 1.165) is 30.6 Å². The number of nitrogens with two attached hydrogens (primary N) is 1. The van der Waals surface area contributed by atoms with Crippen LogP contribution in [0.5, 0.6) is 5.75 Å². The summed E-state index contributed by atoms with van der Waals surface area (Å²) in [5.74, 6) is 1.37. The van der Waals surface area contributed by atoms with Gasteiger partial charge in [0.15, 0.2) is 0 Å². The Kier molecular flexibility index (Phi) is 4.16.